The zero-order valence-electron chi connectivity index (χ0n) is 24.7. The fraction of sp³-hybridized carbons (Fsp3) is 0.567. The second-order valence-corrected chi connectivity index (χ2v) is 11.6. The molecule has 2 aliphatic heterocycles. The standard InChI is InChI=1S/C30H41N5O7/c1-19(2)13-22(26(36)30(3)18-41-30)31-27(37)23(14-20-9-6-5-7-10-20)32-29(39)25(17-40-4)33-28(38)24-15-21(42-34-24)16-35-11-8-12-35/h5-7,9-10,15,19,22-23,25H,8,11-14,16-18H2,1-4H3,(H,31,37)(H,32,39)(H,33,38). The van der Waals surface area contributed by atoms with Crippen LogP contribution < -0.4 is 16.0 Å². The minimum atomic E-state index is -1.11. The van der Waals surface area contributed by atoms with Gasteiger partial charge in [0, 0.05) is 19.6 Å². The number of carbonyl (C=O) groups is 4. The van der Waals surface area contributed by atoms with E-state index >= 15 is 0 Å². The Labute approximate surface area is 245 Å². The summed E-state index contributed by atoms with van der Waals surface area (Å²) in [5.74, 6) is -1.23. The number of rotatable bonds is 16. The molecule has 12 heteroatoms. The summed E-state index contributed by atoms with van der Waals surface area (Å²) in [4.78, 5) is 55.3. The van der Waals surface area contributed by atoms with Gasteiger partial charge in [0.15, 0.2) is 17.2 Å². The van der Waals surface area contributed by atoms with E-state index in [1.165, 1.54) is 7.11 Å². The minimum absolute atomic E-state index is 0.0452. The molecule has 0 saturated carbocycles. The quantitative estimate of drug-likeness (QED) is 0.248. The molecule has 0 aliphatic carbocycles. The van der Waals surface area contributed by atoms with E-state index in [1.807, 2.05) is 44.2 Å². The van der Waals surface area contributed by atoms with Crippen molar-refractivity contribution in [2.45, 2.75) is 70.3 Å². The van der Waals surface area contributed by atoms with E-state index in [-0.39, 0.29) is 30.4 Å². The van der Waals surface area contributed by atoms with Gasteiger partial charge in [-0.3, -0.25) is 24.1 Å². The number of carbonyl (C=O) groups excluding carboxylic acids is 4. The summed E-state index contributed by atoms with van der Waals surface area (Å²) in [5.41, 5.74) is -0.0505. The number of ether oxygens (including phenoxy) is 2. The van der Waals surface area contributed by atoms with E-state index in [0.717, 1.165) is 25.1 Å². The van der Waals surface area contributed by atoms with Gasteiger partial charge in [0.25, 0.3) is 5.91 Å². The molecule has 1 aromatic heterocycles. The number of ketones is 1. The number of methoxy groups -OCH3 is 1. The normalized spacial score (nSPS) is 20.2. The first kappa shape index (κ1) is 31.3. The van der Waals surface area contributed by atoms with Crippen molar-refractivity contribution >= 4 is 23.5 Å². The van der Waals surface area contributed by atoms with E-state index < -0.39 is 41.4 Å². The number of amides is 3. The van der Waals surface area contributed by atoms with Crippen molar-refractivity contribution in [1.82, 2.24) is 26.0 Å². The molecule has 3 heterocycles. The minimum Gasteiger partial charge on any atom is -0.382 e. The Morgan fingerprint density at radius 3 is 2.29 bits per heavy atom. The molecule has 3 amide bonds. The van der Waals surface area contributed by atoms with Gasteiger partial charge >= 0.3 is 0 Å². The summed E-state index contributed by atoms with van der Waals surface area (Å²) >= 11 is 0. The van der Waals surface area contributed by atoms with E-state index in [1.54, 1.807) is 13.0 Å². The van der Waals surface area contributed by atoms with Crippen LogP contribution in [0.2, 0.25) is 0 Å². The molecule has 2 aliphatic rings. The van der Waals surface area contributed by atoms with Crippen LogP contribution in [0.5, 0.6) is 0 Å². The first-order valence-electron chi connectivity index (χ1n) is 14.4. The fourth-order valence-corrected chi connectivity index (χ4v) is 4.76. The molecule has 0 spiro atoms. The van der Waals surface area contributed by atoms with Crippen molar-refractivity contribution in [3.63, 3.8) is 0 Å². The summed E-state index contributed by atoms with van der Waals surface area (Å²) < 4.78 is 15.8. The Morgan fingerprint density at radius 1 is 1.02 bits per heavy atom. The zero-order valence-corrected chi connectivity index (χ0v) is 24.7. The summed E-state index contributed by atoms with van der Waals surface area (Å²) in [7, 11) is 1.41. The van der Waals surface area contributed by atoms with Crippen LogP contribution in [-0.4, -0.2) is 90.7 Å². The predicted octanol–water partition coefficient (Wildman–Crippen LogP) is 1.24. The molecule has 4 atom stereocenters. The maximum Gasteiger partial charge on any atom is 0.274 e. The molecule has 4 unspecified atom stereocenters. The summed E-state index contributed by atoms with van der Waals surface area (Å²) in [6.07, 6.45) is 1.72. The number of benzene rings is 1. The highest BCUT2D eigenvalue weighted by molar-refractivity contribution is 5.99. The first-order chi connectivity index (χ1) is 20.1. The summed E-state index contributed by atoms with van der Waals surface area (Å²) in [5, 5.41) is 12.1. The van der Waals surface area contributed by atoms with Gasteiger partial charge < -0.3 is 29.9 Å². The second kappa shape index (κ2) is 14.0. The third-order valence-corrected chi connectivity index (χ3v) is 7.43. The molecule has 12 nitrogen and oxygen atoms in total. The molecule has 1 aromatic carbocycles. The monoisotopic (exact) mass is 583 g/mol. The highest BCUT2D eigenvalue weighted by Gasteiger charge is 2.50. The Morgan fingerprint density at radius 2 is 1.69 bits per heavy atom. The maximum atomic E-state index is 13.6. The lowest BCUT2D eigenvalue weighted by Crippen LogP contribution is -2.58. The topological polar surface area (TPSA) is 155 Å². The third kappa shape index (κ3) is 8.46. The zero-order chi connectivity index (χ0) is 30.3. The van der Waals surface area contributed by atoms with Crippen molar-refractivity contribution in [2.24, 2.45) is 5.92 Å². The van der Waals surface area contributed by atoms with Crippen LogP contribution in [0.15, 0.2) is 40.9 Å². The average molecular weight is 584 g/mol. The highest BCUT2D eigenvalue weighted by Crippen LogP contribution is 2.29. The Balaban J connectivity index is 1.46. The van der Waals surface area contributed by atoms with Crippen molar-refractivity contribution in [2.75, 3.05) is 33.4 Å². The summed E-state index contributed by atoms with van der Waals surface area (Å²) in [6, 6.07) is 7.86. The van der Waals surface area contributed by atoms with Gasteiger partial charge in [0.2, 0.25) is 11.8 Å². The Kier molecular flexibility index (Phi) is 10.5. The lowest BCUT2D eigenvalue weighted by molar-refractivity contribution is -0.133. The van der Waals surface area contributed by atoms with Crippen molar-refractivity contribution in [3.05, 3.63) is 53.4 Å². The Hall–Kier alpha value is -3.61. The third-order valence-electron chi connectivity index (χ3n) is 7.43. The van der Waals surface area contributed by atoms with Gasteiger partial charge in [-0.2, -0.15) is 0 Å². The van der Waals surface area contributed by atoms with Crippen LogP contribution in [0.25, 0.3) is 0 Å². The smallest absolute Gasteiger partial charge is 0.274 e. The molecule has 4 rings (SSSR count). The first-order valence-corrected chi connectivity index (χ1v) is 14.4. The van der Waals surface area contributed by atoms with E-state index in [2.05, 4.69) is 26.0 Å². The molecular weight excluding hydrogens is 542 g/mol. The van der Waals surface area contributed by atoms with Gasteiger partial charge in [0.05, 0.1) is 25.8 Å². The lowest BCUT2D eigenvalue weighted by Gasteiger charge is -2.29. The van der Waals surface area contributed by atoms with Crippen molar-refractivity contribution in [3.8, 4) is 0 Å². The number of nitrogens with zero attached hydrogens (tertiary/aromatic N) is 2. The molecule has 42 heavy (non-hydrogen) atoms. The van der Waals surface area contributed by atoms with Gasteiger partial charge in [0.1, 0.15) is 17.7 Å². The molecule has 2 aromatic rings. The number of epoxide rings is 1. The van der Waals surface area contributed by atoms with Gasteiger partial charge in [-0.1, -0.05) is 49.3 Å². The largest absolute Gasteiger partial charge is 0.382 e. The van der Waals surface area contributed by atoms with Crippen LogP contribution in [0.4, 0.5) is 0 Å². The number of hydrogen-bond acceptors (Lipinski definition) is 9. The van der Waals surface area contributed by atoms with E-state index in [4.69, 9.17) is 14.0 Å². The van der Waals surface area contributed by atoms with Gasteiger partial charge in [-0.25, -0.2) is 0 Å². The number of hydrogen-bond donors (Lipinski definition) is 3. The number of aromatic nitrogens is 1. The van der Waals surface area contributed by atoms with Crippen molar-refractivity contribution < 1.29 is 33.2 Å². The Bertz CT molecular complexity index is 1240. The SMILES string of the molecule is COCC(NC(=O)c1cc(CN2CCC2)on1)C(=O)NC(Cc1ccccc1)C(=O)NC(CC(C)C)C(=O)C1(C)CO1. The fourth-order valence-electron chi connectivity index (χ4n) is 4.76. The molecule has 3 N–H and O–H groups in total. The highest BCUT2D eigenvalue weighted by atomic mass is 16.6. The van der Waals surface area contributed by atoms with Gasteiger partial charge in [-0.05, 0) is 44.3 Å². The molecular formula is C30H41N5O7. The van der Waals surface area contributed by atoms with Crippen LogP contribution in [0.1, 0.15) is 55.4 Å². The number of nitrogens with one attached hydrogen (secondary N) is 3. The second-order valence-electron chi connectivity index (χ2n) is 11.6. The van der Waals surface area contributed by atoms with Crippen LogP contribution in [0.3, 0.4) is 0 Å². The van der Waals surface area contributed by atoms with Crippen LogP contribution in [0, 0.1) is 5.92 Å². The maximum absolute atomic E-state index is 13.6. The number of likely N-dealkylation sites (tertiary alicyclic amines) is 1. The molecule has 0 radical (unpaired) electrons. The summed E-state index contributed by atoms with van der Waals surface area (Å²) in [6.45, 7) is 8.30. The van der Waals surface area contributed by atoms with Gasteiger partial charge in [-0.15, -0.1) is 0 Å². The van der Waals surface area contributed by atoms with E-state index in [9.17, 15) is 19.2 Å². The molecule has 2 fully saturated rings. The molecule has 0 bridgehead atoms. The predicted molar refractivity (Wildman–Crippen MR) is 152 cm³/mol. The average Bonchev–Trinajstić information content (AvgIpc) is 3.51. The van der Waals surface area contributed by atoms with E-state index in [0.29, 0.717) is 25.3 Å². The number of Topliss-reactive ketones (excluding diaryl/α,β-unsaturated/α-hetero) is 1. The van der Waals surface area contributed by atoms with Crippen LogP contribution in [-0.2, 0) is 36.8 Å². The molecule has 228 valence electrons. The van der Waals surface area contributed by atoms with Crippen molar-refractivity contribution in [1.29, 1.82) is 0 Å². The van der Waals surface area contributed by atoms with Crippen LogP contribution >= 0.6 is 0 Å². The molecule has 2 saturated heterocycles. The lowest BCUT2D eigenvalue weighted by atomic mass is 9.93.